The molecule has 2 aromatic rings. The molecule has 48 heavy (non-hydrogen) atoms. The number of Topliss-reactive ketones (excluding diaryl/α,β-unsaturated/α-hetero) is 1. The van der Waals surface area contributed by atoms with E-state index in [1.165, 1.54) is 18.2 Å². The van der Waals surface area contributed by atoms with Crippen molar-refractivity contribution in [1.29, 1.82) is 0 Å². The third kappa shape index (κ3) is 5.07. The number of nitrogen functional groups attached to an aromatic ring is 1. The molecule has 256 valence electrons. The maximum atomic E-state index is 13.9. The van der Waals surface area contributed by atoms with Crippen LogP contribution in [0.2, 0.25) is 0 Å². The van der Waals surface area contributed by atoms with E-state index in [9.17, 15) is 33.0 Å². The van der Waals surface area contributed by atoms with Crippen molar-refractivity contribution in [2.75, 3.05) is 12.3 Å². The van der Waals surface area contributed by atoms with E-state index in [0.717, 1.165) is 17.2 Å². The van der Waals surface area contributed by atoms with Gasteiger partial charge in [0.05, 0.1) is 17.8 Å². The molecular formula is C36H38F3NO8. The van der Waals surface area contributed by atoms with Gasteiger partial charge in [-0.15, -0.1) is 13.2 Å². The highest BCUT2D eigenvalue weighted by Gasteiger charge is 2.76. The molecule has 4 fully saturated rings. The molecule has 4 aliphatic carbocycles. The van der Waals surface area contributed by atoms with Gasteiger partial charge in [-0.05, 0) is 85.6 Å². The number of aliphatic hydroxyl groups is 2. The highest BCUT2D eigenvalue weighted by atomic mass is 19.4. The summed E-state index contributed by atoms with van der Waals surface area (Å²) >= 11 is 0. The standard InChI is InChI=1S/C36H38F3NO8/c1-33-11-10-22(42)13-20(33)6-8-24-26-15-30-35(29(44)17-41,34(26,2)16-27(43)31(24)33)48-32(46-30)25-14-23(7-9-28(25)47-36(37,38)39)45-18-19-4-3-5-21(40)12-19/h3-5,7,9-14,24,26-27,30-32,41,43H,6,8,15-18,40H2,1-2H3/t24-,26+,27-,30-,31-,32-,33-,34-,35-/m0/s1. The Morgan fingerprint density at radius 2 is 1.96 bits per heavy atom. The van der Waals surface area contributed by atoms with Gasteiger partial charge in [-0.2, -0.15) is 0 Å². The first kappa shape index (κ1) is 32.8. The molecular weight excluding hydrogens is 631 g/mol. The topological polar surface area (TPSA) is 138 Å². The normalized spacial score (nSPS) is 36.8. The first-order valence-electron chi connectivity index (χ1n) is 16.1. The second kappa shape index (κ2) is 11.4. The van der Waals surface area contributed by atoms with Crippen LogP contribution in [-0.2, 0) is 25.7 Å². The van der Waals surface area contributed by atoms with Crippen molar-refractivity contribution in [3.05, 3.63) is 77.4 Å². The first-order valence-corrected chi connectivity index (χ1v) is 16.1. The van der Waals surface area contributed by atoms with Gasteiger partial charge in [0.15, 0.2) is 23.5 Å². The molecule has 0 amide bonds. The lowest BCUT2D eigenvalue weighted by Gasteiger charge is -2.59. The number of ether oxygens (including phenoxy) is 4. The van der Waals surface area contributed by atoms with Crippen molar-refractivity contribution >= 4 is 17.3 Å². The molecule has 5 aliphatic rings. The minimum absolute atomic E-state index is 0.0747. The van der Waals surface area contributed by atoms with E-state index in [-0.39, 0.29) is 47.9 Å². The Morgan fingerprint density at radius 1 is 1.17 bits per heavy atom. The zero-order valence-corrected chi connectivity index (χ0v) is 26.5. The third-order valence-corrected chi connectivity index (χ3v) is 11.6. The number of nitrogens with two attached hydrogens (primary N) is 1. The van der Waals surface area contributed by atoms with E-state index < -0.39 is 59.4 Å². The number of hydrogen-bond donors (Lipinski definition) is 3. The number of halogens is 3. The largest absolute Gasteiger partial charge is 0.573 e. The van der Waals surface area contributed by atoms with Crippen LogP contribution in [0.1, 0.15) is 56.9 Å². The number of hydrogen-bond acceptors (Lipinski definition) is 9. The number of allylic oxidation sites excluding steroid dienone is 4. The van der Waals surface area contributed by atoms with Gasteiger partial charge in [-0.25, -0.2) is 0 Å². The number of ketones is 2. The summed E-state index contributed by atoms with van der Waals surface area (Å²) in [5.41, 5.74) is 4.62. The van der Waals surface area contributed by atoms with Gasteiger partial charge in [0.2, 0.25) is 0 Å². The number of alkyl halides is 3. The van der Waals surface area contributed by atoms with E-state index >= 15 is 0 Å². The van der Waals surface area contributed by atoms with Crippen molar-refractivity contribution < 1.29 is 51.9 Å². The maximum absolute atomic E-state index is 13.9. The molecule has 4 N–H and O–H groups in total. The smallest absolute Gasteiger partial charge is 0.489 e. The van der Waals surface area contributed by atoms with Crippen LogP contribution in [0.3, 0.4) is 0 Å². The van der Waals surface area contributed by atoms with Crippen molar-refractivity contribution in [2.24, 2.45) is 28.6 Å². The SMILES string of the molecule is C[C@]12C=CC(=O)C=C1CC[C@@H]1[C@H]2[C@@H](O)C[C@@]2(C)[C@@H]1C[C@@H]1O[C@H](c3cc(OCc4cccc(N)c4)ccc3OC(F)(F)F)O[C@@]12C(=O)CO. The van der Waals surface area contributed by atoms with Gasteiger partial charge in [0.25, 0.3) is 0 Å². The van der Waals surface area contributed by atoms with Crippen molar-refractivity contribution in [2.45, 2.75) is 76.6 Å². The minimum atomic E-state index is -5.03. The first-order chi connectivity index (χ1) is 22.7. The number of carbonyl (C=O) groups is 2. The van der Waals surface area contributed by atoms with Crippen LogP contribution in [0.15, 0.2) is 66.3 Å². The lowest BCUT2D eigenvalue weighted by Crippen LogP contribution is -2.63. The molecule has 7 rings (SSSR count). The molecule has 3 saturated carbocycles. The summed E-state index contributed by atoms with van der Waals surface area (Å²) < 4.78 is 63.9. The number of aliphatic hydroxyl groups excluding tert-OH is 2. The van der Waals surface area contributed by atoms with Crippen LogP contribution in [0, 0.1) is 28.6 Å². The molecule has 0 unspecified atom stereocenters. The predicted molar refractivity (Wildman–Crippen MR) is 165 cm³/mol. The van der Waals surface area contributed by atoms with Crippen LogP contribution < -0.4 is 15.2 Å². The number of fused-ring (bicyclic) bond motifs is 7. The highest BCUT2D eigenvalue weighted by Crippen LogP contribution is 2.70. The Hall–Kier alpha value is -3.71. The molecule has 0 radical (unpaired) electrons. The minimum Gasteiger partial charge on any atom is -0.489 e. The molecule has 1 aliphatic heterocycles. The molecule has 0 bridgehead atoms. The fourth-order valence-corrected chi connectivity index (χ4v) is 9.69. The predicted octanol–water partition coefficient (Wildman–Crippen LogP) is 5.35. The summed E-state index contributed by atoms with van der Waals surface area (Å²) in [6.45, 7) is 3.07. The second-order valence-corrected chi connectivity index (χ2v) is 14.1. The van der Waals surface area contributed by atoms with Crippen molar-refractivity contribution in [3.8, 4) is 11.5 Å². The zero-order chi connectivity index (χ0) is 34.2. The number of benzene rings is 2. The van der Waals surface area contributed by atoms with Crippen LogP contribution >= 0.6 is 0 Å². The lowest BCUT2D eigenvalue weighted by molar-refractivity contribution is -0.275. The van der Waals surface area contributed by atoms with E-state index in [1.54, 1.807) is 30.3 Å². The van der Waals surface area contributed by atoms with E-state index in [4.69, 9.17) is 19.9 Å². The van der Waals surface area contributed by atoms with Gasteiger partial charge in [-0.3, -0.25) is 9.59 Å². The number of carbonyl (C=O) groups excluding carboxylic acids is 2. The average Bonchev–Trinajstić information content (AvgIpc) is 3.52. The maximum Gasteiger partial charge on any atom is 0.573 e. The fraction of sp³-hybridized carbons (Fsp3) is 0.500. The number of anilines is 1. The molecule has 12 heteroatoms. The molecule has 0 spiro atoms. The Balaban J connectivity index is 1.23. The van der Waals surface area contributed by atoms with Gasteiger partial charge in [0, 0.05) is 22.4 Å². The fourth-order valence-electron chi connectivity index (χ4n) is 9.69. The molecule has 9 atom stereocenters. The molecule has 9 nitrogen and oxygen atoms in total. The highest BCUT2D eigenvalue weighted by molar-refractivity contribution is 6.01. The quantitative estimate of drug-likeness (QED) is 0.333. The van der Waals surface area contributed by atoms with Crippen LogP contribution in [0.5, 0.6) is 11.5 Å². The van der Waals surface area contributed by atoms with E-state index in [2.05, 4.69) is 4.74 Å². The van der Waals surface area contributed by atoms with E-state index in [1.807, 2.05) is 19.9 Å². The third-order valence-electron chi connectivity index (χ3n) is 11.6. The Labute approximate surface area is 275 Å². The number of rotatable bonds is 7. The average molecular weight is 670 g/mol. The zero-order valence-electron chi connectivity index (χ0n) is 26.5. The summed E-state index contributed by atoms with van der Waals surface area (Å²) in [5, 5.41) is 22.1. The van der Waals surface area contributed by atoms with Crippen molar-refractivity contribution in [3.63, 3.8) is 0 Å². The Kier molecular flexibility index (Phi) is 7.82. The van der Waals surface area contributed by atoms with E-state index in [0.29, 0.717) is 24.9 Å². The van der Waals surface area contributed by atoms with Gasteiger partial charge in [-0.1, -0.05) is 37.6 Å². The summed E-state index contributed by atoms with van der Waals surface area (Å²) in [7, 11) is 0. The van der Waals surface area contributed by atoms with Gasteiger partial charge < -0.3 is 34.9 Å². The second-order valence-electron chi connectivity index (χ2n) is 14.1. The molecule has 1 saturated heterocycles. The summed E-state index contributed by atoms with van der Waals surface area (Å²) in [6.07, 6.45) is -1.51. The van der Waals surface area contributed by atoms with Crippen molar-refractivity contribution in [1.82, 2.24) is 0 Å². The summed E-state index contributed by atoms with van der Waals surface area (Å²) in [6, 6.07) is 10.7. The Bertz CT molecular complexity index is 1710. The monoisotopic (exact) mass is 669 g/mol. The van der Waals surface area contributed by atoms with Gasteiger partial charge >= 0.3 is 6.36 Å². The molecule has 1 heterocycles. The summed E-state index contributed by atoms with van der Waals surface area (Å²) in [4.78, 5) is 26.1. The van der Waals surface area contributed by atoms with Crippen LogP contribution in [0.4, 0.5) is 18.9 Å². The van der Waals surface area contributed by atoms with Crippen LogP contribution in [-0.4, -0.2) is 52.6 Å². The Morgan fingerprint density at radius 3 is 2.69 bits per heavy atom. The van der Waals surface area contributed by atoms with Crippen LogP contribution in [0.25, 0.3) is 0 Å². The molecule has 0 aromatic heterocycles. The van der Waals surface area contributed by atoms with Gasteiger partial charge in [0.1, 0.15) is 24.7 Å². The lowest BCUT2D eigenvalue weighted by atomic mass is 9.46. The molecule has 2 aromatic carbocycles. The summed E-state index contributed by atoms with van der Waals surface area (Å²) in [5.74, 6) is -1.63.